The summed E-state index contributed by atoms with van der Waals surface area (Å²) in [7, 11) is 1.49. The summed E-state index contributed by atoms with van der Waals surface area (Å²) in [6, 6.07) is 4.82. The average molecular weight is 278 g/mol. The number of aromatic nitrogens is 3. The van der Waals surface area contributed by atoms with Gasteiger partial charge in [0.2, 0.25) is 0 Å². The molecule has 1 aromatic heterocycles. The number of carboxylic acids is 1. The number of carbonyl (C=O) groups excluding carboxylic acids is 1. The van der Waals surface area contributed by atoms with Gasteiger partial charge in [-0.2, -0.15) is 15.4 Å². The zero-order chi connectivity index (χ0) is 14.5. The van der Waals surface area contributed by atoms with E-state index in [0.717, 1.165) is 0 Å². The van der Waals surface area contributed by atoms with Gasteiger partial charge in [0.05, 0.1) is 6.61 Å². The lowest BCUT2D eigenvalue weighted by molar-refractivity contribution is -0.137. The average Bonchev–Trinajstić information content (AvgIpc) is 2.89. The highest BCUT2D eigenvalue weighted by atomic mass is 16.5. The second-order valence-electron chi connectivity index (χ2n) is 4.14. The minimum absolute atomic E-state index is 0.207. The van der Waals surface area contributed by atoms with Gasteiger partial charge in [0.1, 0.15) is 17.6 Å². The molecule has 2 aromatic rings. The third-order valence-corrected chi connectivity index (χ3v) is 2.74. The first-order chi connectivity index (χ1) is 9.61. The van der Waals surface area contributed by atoms with Crippen molar-refractivity contribution in [2.24, 2.45) is 0 Å². The van der Waals surface area contributed by atoms with Crippen molar-refractivity contribution in [3.63, 3.8) is 0 Å². The number of carbonyl (C=O) groups is 2. The van der Waals surface area contributed by atoms with Crippen LogP contribution < -0.4 is 0 Å². The number of ether oxygens (including phenoxy) is 1. The molecule has 0 bridgehead atoms. The van der Waals surface area contributed by atoms with Crippen LogP contribution in [0.25, 0.3) is 11.0 Å². The molecular formula is C12H14N4O4. The molecule has 0 saturated carbocycles. The van der Waals surface area contributed by atoms with Crippen LogP contribution in [0.3, 0.4) is 0 Å². The zero-order valence-electron chi connectivity index (χ0n) is 10.9. The summed E-state index contributed by atoms with van der Waals surface area (Å²) >= 11 is 0. The molecular weight excluding hydrogens is 264 g/mol. The van der Waals surface area contributed by atoms with Gasteiger partial charge in [-0.3, -0.25) is 9.59 Å². The van der Waals surface area contributed by atoms with E-state index in [2.05, 4.69) is 15.4 Å². The summed E-state index contributed by atoms with van der Waals surface area (Å²) in [5, 5.41) is 19.1. The van der Waals surface area contributed by atoms with Crippen LogP contribution >= 0.6 is 0 Å². The van der Waals surface area contributed by atoms with Crippen molar-refractivity contribution in [3.8, 4) is 0 Å². The number of hydrogen-bond acceptors (Lipinski definition) is 5. The van der Waals surface area contributed by atoms with Crippen molar-refractivity contribution in [2.45, 2.75) is 0 Å². The second-order valence-corrected chi connectivity index (χ2v) is 4.14. The lowest BCUT2D eigenvalue weighted by Gasteiger charge is -2.20. The normalized spacial score (nSPS) is 10.7. The van der Waals surface area contributed by atoms with Crippen LogP contribution in [0.5, 0.6) is 0 Å². The Hall–Kier alpha value is -2.48. The molecule has 0 aliphatic heterocycles. The first kappa shape index (κ1) is 13.9. The Morgan fingerprint density at radius 3 is 2.80 bits per heavy atom. The fourth-order valence-electron chi connectivity index (χ4n) is 1.77. The molecule has 20 heavy (non-hydrogen) atoms. The van der Waals surface area contributed by atoms with E-state index in [1.807, 2.05) is 0 Å². The number of H-pyrrole nitrogens is 1. The summed E-state index contributed by atoms with van der Waals surface area (Å²) in [5.41, 5.74) is 1.56. The number of hydrogen-bond donors (Lipinski definition) is 2. The maximum atomic E-state index is 12.3. The van der Waals surface area contributed by atoms with Crippen molar-refractivity contribution < 1.29 is 19.4 Å². The van der Waals surface area contributed by atoms with Crippen LogP contribution in [0.2, 0.25) is 0 Å². The molecule has 0 fully saturated rings. The van der Waals surface area contributed by atoms with Crippen molar-refractivity contribution >= 4 is 22.9 Å². The summed E-state index contributed by atoms with van der Waals surface area (Å²) < 4.78 is 4.88. The monoisotopic (exact) mass is 278 g/mol. The van der Waals surface area contributed by atoms with Gasteiger partial charge in [0.25, 0.3) is 5.91 Å². The van der Waals surface area contributed by atoms with E-state index >= 15 is 0 Å². The Bertz CT molecular complexity index is 625. The van der Waals surface area contributed by atoms with Crippen molar-refractivity contribution in [1.82, 2.24) is 20.3 Å². The number of amides is 1. The number of aromatic amines is 1. The summed E-state index contributed by atoms with van der Waals surface area (Å²) in [6.07, 6.45) is 0. The molecule has 0 spiro atoms. The minimum atomic E-state index is -1.07. The van der Waals surface area contributed by atoms with Crippen molar-refractivity contribution in [1.29, 1.82) is 0 Å². The molecule has 8 heteroatoms. The number of carboxylic acid groups (broad SMARTS) is 1. The van der Waals surface area contributed by atoms with Gasteiger partial charge in [-0.05, 0) is 18.2 Å². The molecule has 0 saturated heterocycles. The van der Waals surface area contributed by atoms with E-state index in [9.17, 15) is 9.59 Å². The molecule has 2 rings (SSSR count). The molecule has 106 valence electrons. The van der Waals surface area contributed by atoms with E-state index in [4.69, 9.17) is 9.84 Å². The van der Waals surface area contributed by atoms with E-state index in [0.29, 0.717) is 16.6 Å². The van der Waals surface area contributed by atoms with Gasteiger partial charge in [0, 0.05) is 19.2 Å². The minimum Gasteiger partial charge on any atom is -0.480 e. The Morgan fingerprint density at radius 2 is 2.10 bits per heavy atom. The number of methoxy groups -OCH3 is 1. The fraction of sp³-hybridized carbons (Fsp3) is 0.333. The van der Waals surface area contributed by atoms with Gasteiger partial charge in [-0.1, -0.05) is 0 Å². The lowest BCUT2D eigenvalue weighted by atomic mass is 10.1. The van der Waals surface area contributed by atoms with Crippen LogP contribution in [-0.4, -0.2) is 64.1 Å². The maximum absolute atomic E-state index is 12.3. The number of benzene rings is 1. The molecule has 0 aliphatic rings. The maximum Gasteiger partial charge on any atom is 0.323 e. The molecule has 0 radical (unpaired) electrons. The molecule has 0 unspecified atom stereocenters. The smallest absolute Gasteiger partial charge is 0.323 e. The van der Waals surface area contributed by atoms with Crippen LogP contribution in [0.15, 0.2) is 18.2 Å². The SMILES string of the molecule is COCCN(CC(=O)O)C(=O)c1ccc2n[nH]nc2c1. The van der Waals surface area contributed by atoms with Gasteiger partial charge in [-0.15, -0.1) is 0 Å². The first-order valence-electron chi connectivity index (χ1n) is 5.92. The second kappa shape index (κ2) is 6.11. The van der Waals surface area contributed by atoms with Crippen LogP contribution in [-0.2, 0) is 9.53 Å². The number of aliphatic carboxylic acids is 1. The molecule has 0 aliphatic carbocycles. The Kier molecular flexibility index (Phi) is 4.26. The summed E-state index contributed by atoms with van der Waals surface area (Å²) in [5.74, 6) is -1.45. The molecule has 8 nitrogen and oxygen atoms in total. The van der Waals surface area contributed by atoms with Crippen LogP contribution in [0, 0.1) is 0 Å². The van der Waals surface area contributed by atoms with Gasteiger partial charge in [0.15, 0.2) is 0 Å². The van der Waals surface area contributed by atoms with Gasteiger partial charge < -0.3 is 14.7 Å². The third-order valence-electron chi connectivity index (χ3n) is 2.74. The Balaban J connectivity index is 2.22. The molecule has 2 N–H and O–H groups in total. The predicted octanol–water partition coefficient (Wildman–Crippen LogP) is 0.131. The standard InChI is InChI=1S/C12H14N4O4/c1-20-5-4-16(7-11(17)18)12(19)8-2-3-9-10(6-8)14-15-13-9/h2-3,6H,4-5,7H2,1H3,(H,17,18)(H,13,14,15). The number of nitrogens with one attached hydrogen (secondary N) is 1. The Labute approximate surface area is 114 Å². The molecule has 0 atom stereocenters. The zero-order valence-corrected chi connectivity index (χ0v) is 10.9. The van der Waals surface area contributed by atoms with Crippen LogP contribution in [0.1, 0.15) is 10.4 Å². The Morgan fingerprint density at radius 1 is 1.35 bits per heavy atom. The molecule has 1 aromatic carbocycles. The van der Waals surface area contributed by atoms with E-state index in [1.54, 1.807) is 18.2 Å². The topological polar surface area (TPSA) is 108 Å². The molecule has 1 amide bonds. The van der Waals surface area contributed by atoms with E-state index in [1.165, 1.54) is 12.0 Å². The lowest BCUT2D eigenvalue weighted by Crippen LogP contribution is -2.38. The third kappa shape index (κ3) is 3.09. The summed E-state index contributed by atoms with van der Waals surface area (Å²) in [4.78, 5) is 24.3. The highest BCUT2D eigenvalue weighted by Gasteiger charge is 2.19. The van der Waals surface area contributed by atoms with Crippen LogP contribution in [0.4, 0.5) is 0 Å². The first-order valence-corrected chi connectivity index (χ1v) is 5.92. The number of fused-ring (bicyclic) bond motifs is 1. The number of nitrogens with zero attached hydrogens (tertiary/aromatic N) is 3. The highest BCUT2D eigenvalue weighted by Crippen LogP contribution is 2.12. The predicted molar refractivity (Wildman–Crippen MR) is 69.3 cm³/mol. The number of rotatable bonds is 6. The van der Waals surface area contributed by atoms with Gasteiger partial charge in [-0.25, -0.2) is 0 Å². The van der Waals surface area contributed by atoms with Gasteiger partial charge >= 0.3 is 5.97 Å². The molecule has 1 heterocycles. The highest BCUT2D eigenvalue weighted by molar-refractivity contribution is 5.98. The van der Waals surface area contributed by atoms with E-state index in [-0.39, 0.29) is 25.6 Å². The summed E-state index contributed by atoms with van der Waals surface area (Å²) in [6.45, 7) is 0.1000. The quantitative estimate of drug-likeness (QED) is 0.777. The van der Waals surface area contributed by atoms with Crippen molar-refractivity contribution in [2.75, 3.05) is 26.8 Å². The largest absolute Gasteiger partial charge is 0.480 e. The fourth-order valence-corrected chi connectivity index (χ4v) is 1.77. The van der Waals surface area contributed by atoms with E-state index < -0.39 is 5.97 Å². The van der Waals surface area contributed by atoms with Crippen molar-refractivity contribution in [3.05, 3.63) is 23.8 Å².